The quantitative estimate of drug-likeness (QED) is 0.735. The van der Waals surface area contributed by atoms with E-state index in [1.165, 1.54) is 11.3 Å². The first-order valence-electron chi connectivity index (χ1n) is 6.14. The first kappa shape index (κ1) is 12.4. The van der Waals surface area contributed by atoms with Gasteiger partial charge in [-0.3, -0.25) is 0 Å². The molecule has 0 unspecified atom stereocenters. The maximum Gasteiger partial charge on any atom is 0.0642 e. The molecule has 1 fully saturated rings. The van der Waals surface area contributed by atoms with E-state index in [1.54, 1.807) is 0 Å². The number of hydrogen-bond donors (Lipinski definition) is 2. The Morgan fingerprint density at radius 3 is 2.76 bits per heavy atom. The van der Waals surface area contributed by atoms with Crippen LogP contribution in [0, 0.1) is 0 Å². The smallest absolute Gasteiger partial charge is 0.0642 e. The van der Waals surface area contributed by atoms with E-state index in [9.17, 15) is 0 Å². The minimum Gasteiger partial charge on any atom is -0.395 e. The van der Waals surface area contributed by atoms with Crippen molar-refractivity contribution in [1.29, 1.82) is 0 Å². The van der Waals surface area contributed by atoms with E-state index in [0.717, 1.165) is 32.8 Å². The molecular formula is C13H20N2O2. The van der Waals surface area contributed by atoms with Crippen molar-refractivity contribution in [2.75, 3.05) is 44.4 Å². The average Bonchev–Trinajstić information content (AvgIpc) is 2.41. The van der Waals surface area contributed by atoms with Gasteiger partial charge in [0.05, 0.1) is 19.8 Å². The highest BCUT2D eigenvalue weighted by molar-refractivity contribution is 5.53. The number of benzene rings is 1. The van der Waals surface area contributed by atoms with Crippen LogP contribution in [-0.2, 0) is 11.3 Å². The van der Waals surface area contributed by atoms with Crippen molar-refractivity contribution >= 4 is 5.69 Å². The highest BCUT2D eigenvalue weighted by Gasteiger charge is 2.13. The van der Waals surface area contributed by atoms with Gasteiger partial charge in [-0.25, -0.2) is 0 Å². The van der Waals surface area contributed by atoms with Crippen LogP contribution in [-0.4, -0.2) is 44.6 Å². The number of nitrogens with zero attached hydrogens (tertiary/aromatic N) is 1. The fraction of sp³-hybridized carbons (Fsp3) is 0.538. The van der Waals surface area contributed by atoms with Crippen molar-refractivity contribution in [1.82, 2.24) is 5.32 Å². The van der Waals surface area contributed by atoms with Gasteiger partial charge in [0.25, 0.3) is 0 Å². The number of ether oxygens (including phenoxy) is 1. The molecule has 0 bridgehead atoms. The van der Waals surface area contributed by atoms with Crippen molar-refractivity contribution in [2.24, 2.45) is 0 Å². The molecule has 1 aliphatic rings. The summed E-state index contributed by atoms with van der Waals surface area (Å²) in [5.41, 5.74) is 2.56. The molecule has 0 spiro atoms. The van der Waals surface area contributed by atoms with Crippen LogP contribution in [0.2, 0.25) is 0 Å². The second-order valence-electron chi connectivity index (χ2n) is 4.13. The summed E-state index contributed by atoms with van der Waals surface area (Å²) in [4.78, 5) is 2.36. The summed E-state index contributed by atoms with van der Waals surface area (Å²) in [7, 11) is 0. The van der Waals surface area contributed by atoms with Gasteiger partial charge in [0.15, 0.2) is 0 Å². The summed E-state index contributed by atoms with van der Waals surface area (Å²) in [6.45, 7) is 5.14. The number of morpholine rings is 1. The molecule has 0 aliphatic carbocycles. The highest BCUT2D eigenvalue weighted by Crippen LogP contribution is 2.21. The Morgan fingerprint density at radius 1 is 1.24 bits per heavy atom. The summed E-state index contributed by atoms with van der Waals surface area (Å²) < 4.78 is 5.37. The third-order valence-electron chi connectivity index (χ3n) is 2.95. The van der Waals surface area contributed by atoms with Gasteiger partial charge in [-0.1, -0.05) is 18.2 Å². The Hall–Kier alpha value is -1.10. The van der Waals surface area contributed by atoms with Gasteiger partial charge in [0.2, 0.25) is 0 Å². The fourth-order valence-electron chi connectivity index (χ4n) is 2.08. The van der Waals surface area contributed by atoms with Gasteiger partial charge < -0.3 is 20.1 Å². The molecule has 0 aromatic heterocycles. The SMILES string of the molecule is OCCNCc1ccccc1N1CCOCC1. The second kappa shape index (κ2) is 6.59. The molecule has 94 valence electrons. The standard InChI is InChI=1S/C13H20N2O2/c16-8-5-14-11-12-3-1-2-4-13(12)15-6-9-17-10-7-15/h1-4,14,16H,5-11H2. The van der Waals surface area contributed by atoms with Gasteiger partial charge in [0.1, 0.15) is 0 Å². The van der Waals surface area contributed by atoms with E-state index in [-0.39, 0.29) is 6.61 Å². The molecule has 1 aromatic rings. The number of hydrogen-bond acceptors (Lipinski definition) is 4. The zero-order chi connectivity index (χ0) is 11.9. The van der Waals surface area contributed by atoms with Crippen molar-refractivity contribution in [3.8, 4) is 0 Å². The Bertz CT molecular complexity index is 338. The molecule has 0 radical (unpaired) electrons. The number of aliphatic hydroxyl groups excluding tert-OH is 1. The lowest BCUT2D eigenvalue weighted by Crippen LogP contribution is -2.37. The number of rotatable bonds is 5. The lowest BCUT2D eigenvalue weighted by atomic mass is 10.1. The third-order valence-corrected chi connectivity index (χ3v) is 2.95. The minimum absolute atomic E-state index is 0.180. The second-order valence-corrected chi connectivity index (χ2v) is 4.13. The first-order chi connectivity index (χ1) is 8.42. The number of nitrogens with one attached hydrogen (secondary N) is 1. The van der Waals surface area contributed by atoms with Crippen molar-refractivity contribution in [3.05, 3.63) is 29.8 Å². The van der Waals surface area contributed by atoms with Gasteiger partial charge in [0, 0.05) is 31.9 Å². The van der Waals surface area contributed by atoms with E-state index in [0.29, 0.717) is 6.54 Å². The van der Waals surface area contributed by atoms with Crippen LogP contribution < -0.4 is 10.2 Å². The van der Waals surface area contributed by atoms with Crippen LogP contribution >= 0.6 is 0 Å². The van der Waals surface area contributed by atoms with Crippen LogP contribution in [0.4, 0.5) is 5.69 Å². The highest BCUT2D eigenvalue weighted by atomic mass is 16.5. The van der Waals surface area contributed by atoms with Gasteiger partial charge in [-0.05, 0) is 11.6 Å². The van der Waals surface area contributed by atoms with E-state index < -0.39 is 0 Å². The van der Waals surface area contributed by atoms with Crippen molar-refractivity contribution < 1.29 is 9.84 Å². The molecule has 17 heavy (non-hydrogen) atoms. The molecule has 1 aliphatic heterocycles. The normalized spacial score (nSPS) is 16.2. The fourth-order valence-corrected chi connectivity index (χ4v) is 2.08. The molecule has 1 aromatic carbocycles. The predicted octanol–water partition coefficient (Wildman–Crippen LogP) is 0.605. The van der Waals surface area contributed by atoms with Crippen LogP contribution in [0.1, 0.15) is 5.56 Å². The molecule has 1 saturated heterocycles. The molecule has 2 N–H and O–H groups in total. The van der Waals surface area contributed by atoms with Crippen LogP contribution in [0.5, 0.6) is 0 Å². The predicted molar refractivity (Wildman–Crippen MR) is 68.3 cm³/mol. The summed E-state index contributed by atoms with van der Waals surface area (Å²) in [6.07, 6.45) is 0. The summed E-state index contributed by atoms with van der Waals surface area (Å²) in [6, 6.07) is 8.41. The largest absolute Gasteiger partial charge is 0.395 e. The zero-order valence-electron chi connectivity index (χ0n) is 10.1. The van der Waals surface area contributed by atoms with E-state index in [2.05, 4.69) is 34.5 Å². The molecular weight excluding hydrogens is 216 g/mol. The molecule has 0 amide bonds. The van der Waals surface area contributed by atoms with Gasteiger partial charge in [-0.15, -0.1) is 0 Å². The minimum atomic E-state index is 0.180. The van der Waals surface area contributed by atoms with Crippen molar-refractivity contribution in [2.45, 2.75) is 6.54 Å². The van der Waals surface area contributed by atoms with Crippen LogP contribution in [0.25, 0.3) is 0 Å². The van der Waals surface area contributed by atoms with Crippen LogP contribution in [0.3, 0.4) is 0 Å². The molecule has 4 nitrogen and oxygen atoms in total. The lowest BCUT2D eigenvalue weighted by molar-refractivity contribution is 0.122. The van der Waals surface area contributed by atoms with E-state index in [1.807, 2.05) is 0 Å². The van der Waals surface area contributed by atoms with Gasteiger partial charge >= 0.3 is 0 Å². The molecule has 2 rings (SSSR count). The molecule has 0 saturated carbocycles. The lowest BCUT2D eigenvalue weighted by Gasteiger charge is -2.30. The Kier molecular flexibility index (Phi) is 4.79. The Morgan fingerprint density at radius 2 is 2.00 bits per heavy atom. The molecule has 0 atom stereocenters. The summed E-state index contributed by atoms with van der Waals surface area (Å²) in [5, 5.41) is 12.0. The number of anilines is 1. The van der Waals surface area contributed by atoms with Crippen molar-refractivity contribution in [3.63, 3.8) is 0 Å². The number of para-hydroxylation sites is 1. The Balaban J connectivity index is 2.03. The summed E-state index contributed by atoms with van der Waals surface area (Å²) >= 11 is 0. The average molecular weight is 236 g/mol. The first-order valence-corrected chi connectivity index (χ1v) is 6.14. The maximum atomic E-state index is 8.77. The van der Waals surface area contributed by atoms with E-state index >= 15 is 0 Å². The van der Waals surface area contributed by atoms with Crippen LogP contribution in [0.15, 0.2) is 24.3 Å². The molecule has 4 heteroatoms. The zero-order valence-corrected chi connectivity index (χ0v) is 10.1. The third kappa shape index (κ3) is 3.43. The van der Waals surface area contributed by atoms with E-state index in [4.69, 9.17) is 9.84 Å². The monoisotopic (exact) mass is 236 g/mol. The summed E-state index contributed by atoms with van der Waals surface area (Å²) in [5.74, 6) is 0. The number of aliphatic hydroxyl groups is 1. The Labute approximate surface area is 102 Å². The topological polar surface area (TPSA) is 44.7 Å². The molecule has 1 heterocycles. The van der Waals surface area contributed by atoms with Gasteiger partial charge in [-0.2, -0.15) is 0 Å². The maximum absolute atomic E-state index is 8.77.